The van der Waals surface area contributed by atoms with E-state index in [9.17, 15) is 0 Å². The van der Waals surface area contributed by atoms with E-state index in [1.165, 1.54) is 56.8 Å². The predicted octanol–water partition coefficient (Wildman–Crippen LogP) is 1.96. The van der Waals surface area contributed by atoms with Gasteiger partial charge in [-0.3, -0.25) is 4.90 Å². The summed E-state index contributed by atoms with van der Waals surface area (Å²) in [5.41, 5.74) is 0. The van der Waals surface area contributed by atoms with Gasteiger partial charge < -0.3 is 5.32 Å². The lowest BCUT2D eigenvalue weighted by molar-refractivity contribution is 0.123. The molecule has 0 aliphatic carbocycles. The van der Waals surface area contributed by atoms with Gasteiger partial charge in [0, 0.05) is 24.4 Å². The van der Waals surface area contributed by atoms with Crippen LogP contribution in [-0.2, 0) is 0 Å². The fourth-order valence-electron chi connectivity index (χ4n) is 2.92. The molecule has 15 heavy (non-hydrogen) atoms. The third-order valence-corrected chi connectivity index (χ3v) is 4.91. The Morgan fingerprint density at radius 1 is 1.27 bits per heavy atom. The number of hydrogen-bond acceptors (Lipinski definition) is 3. The van der Waals surface area contributed by atoms with Gasteiger partial charge >= 0.3 is 0 Å². The van der Waals surface area contributed by atoms with E-state index in [4.69, 9.17) is 0 Å². The van der Waals surface area contributed by atoms with E-state index >= 15 is 0 Å². The van der Waals surface area contributed by atoms with Crippen LogP contribution >= 0.6 is 11.8 Å². The molecule has 2 aliphatic heterocycles. The summed E-state index contributed by atoms with van der Waals surface area (Å²) >= 11 is 2.15. The second-order valence-electron chi connectivity index (χ2n) is 4.70. The van der Waals surface area contributed by atoms with Crippen LogP contribution in [0.5, 0.6) is 0 Å². The Morgan fingerprint density at radius 3 is 2.73 bits per heavy atom. The van der Waals surface area contributed by atoms with Crippen LogP contribution in [0, 0.1) is 0 Å². The lowest BCUT2D eigenvalue weighted by Gasteiger charge is -2.41. The molecule has 2 nitrogen and oxygen atoms in total. The molecule has 2 rings (SSSR count). The second-order valence-corrected chi connectivity index (χ2v) is 5.85. The maximum absolute atomic E-state index is 3.54. The Bertz CT molecular complexity index is 156. The number of hydrogen-bond donors (Lipinski definition) is 1. The summed E-state index contributed by atoms with van der Waals surface area (Å²) < 4.78 is 0. The van der Waals surface area contributed by atoms with Crippen molar-refractivity contribution in [1.82, 2.24) is 10.2 Å². The highest BCUT2D eigenvalue weighted by Gasteiger charge is 2.27. The van der Waals surface area contributed by atoms with Gasteiger partial charge in [0.1, 0.15) is 0 Å². The van der Waals surface area contributed by atoms with Crippen molar-refractivity contribution in [2.75, 3.05) is 31.1 Å². The van der Waals surface area contributed by atoms with Gasteiger partial charge in [-0.05, 0) is 44.5 Å². The first-order valence-electron chi connectivity index (χ1n) is 6.46. The van der Waals surface area contributed by atoms with Crippen LogP contribution in [0.15, 0.2) is 0 Å². The fraction of sp³-hybridized carbons (Fsp3) is 1.00. The monoisotopic (exact) mass is 228 g/mol. The molecule has 0 bridgehead atoms. The molecular weight excluding hydrogens is 204 g/mol. The van der Waals surface area contributed by atoms with Gasteiger partial charge in [-0.1, -0.05) is 6.92 Å². The Kier molecular flexibility index (Phi) is 4.79. The SMILES string of the molecule is CCN(C1CCCNC1)C1CCCSC1. The van der Waals surface area contributed by atoms with Crippen LogP contribution in [-0.4, -0.2) is 48.1 Å². The second kappa shape index (κ2) is 6.12. The summed E-state index contributed by atoms with van der Waals surface area (Å²) in [5, 5.41) is 3.54. The lowest BCUT2D eigenvalue weighted by Crippen LogP contribution is -2.51. The Morgan fingerprint density at radius 2 is 2.13 bits per heavy atom. The number of thioether (sulfide) groups is 1. The highest BCUT2D eigenvalue weighted by molar-refractivity contribution is 7.99. The molecule has 88 valence electrons. The summed E-state index contributed by atoms with van der Waals surface area (Å²) in [7, 11) is 0. The summed E-state index contributed by atoms with van der Waals surface area (Å²) in [6.07, 6.45) is 5.62. The Hall–Kier alpha value is 0.270. The Labute approximate surface area is 98.2 Å². The molecule has 3 heteroatoms. The average molecular weight is 228 g/mol. The first kappa shape index (κ1) is 11.7. The van der Waals surface area contributed by atoms with Crippen LogP contribution in [0.25, 0.3) is 0 Å². The van der Waals surface area contributed by atoms with E-state index in [1.54, 1.807) is 0 Å². The van der Waals surface area contributed by atoms with Gasteiger partial charge in [-0.15, -0.1) is 0 Å². The molecule has 0 aromatic carbocycles. The standard InChI is InChI=1S/C12H24N2S/c1-2-14(11-5-3-7-13-9-11)12-6-4-8-15-10-12/h11-13H,2-10H2,1H3. The van der Waals surface area contributed by atoms with Crippen LogP contribution in [0.3, 0.4) is 0 Å². The van der Waals surface area contributed by atoms with E-state index in [2.05, 4.69) is 28.9 Å². The van der Waals surface area contributed by atoms with Crippen molar-refractivity contribution in [2.45, 2.75) is 44.7 Å². The summed E-state index contributed by atoms with van der Waals surface area (Å²) in [4.78, 5) is 2.76. The van der Waals surface area contributed by atoms with Gasteiger partial charge in [0.25, 0.3) is 0 Å². The summed E-state index contributed by atoms with van der Waals surface area (Å²) in [5.74, 6) is 2.75. The maximum atomic E-state index is 3.54. The predicted molar refractivity (Wildman–Crippen MR) is 68.6 cm³/mol. The van der Waals surface area contributed by atoms with Gasteiger partial charge in [-0.25, -0.2) is 0 Å². The number of nitrogens with zero attached hydrogens (tertiary/aromatic N) is 1. The average Bonchev–Trinajstić information content (AvgIpc) is 2.33. The minimum Gasteiger partial charge on any atom is -0.315 e. The summed E-state index contributed by atoms with van der Waals surface area (Å²) in [6.45, 7) is 6.01. The smallest absolute Gasteiger partial charge is 0.0224 e. The van der Waals surface area contributed by atoms with Crippen molar-refractivity contribution in [3.05, 3.63) is 0 Å². The molecule has 0 spiro atoms. The molecule has 0 aromatic rings. The number of piperidine rings is 1. The van der Waals surface area contributed by atoms with Gasteiger partial charge in [0.05, 0.1) is 0 Å². The van der Waals surface area contributed by atoms with E-state index in [1.807, 2.05) is 0 Å². The molecule has 0 saturated carbocycles. The highest BCUT2D eigenvalue weighted by Crippen LogP contribution is 2.24. The van der Waals surface area contributed by atoms with Crippen LogP contribution in [0.2, 0.25) is 0 Å². The van der Waals surface area contributed by atoms with E-state index in [-0.39, 0.29) is 0 Å². The van der Waals surface area contributed by atoms with Crippen molar-refractivity contribution in [3.8, 4) is 0 Å². The van der Waals surface area contributed by atoms with Crippen LogP contribution in [0.1, 0.15) is 32.6 Å². The van der Waals surface area contributed by atoms with Crippen molar-refractivity contribution in [2.24, 2.45) is 0 Å². The maximum Gasteiger partial charge on any atom is 0.0224 e. The van der Waals surface area contributed by atoms with Crippen LogP contribution in [0.4, 0.5) is 0 Å². The van der Waals surface area contributed by atoms with Crippen LogP contribution < -0.4 is 5.32 Å². The lowest BCUT2D eigenvalue weighted by atomic mass is 10.0. The molecule has 2 fully saturated rings. The molecule has 2 unspecified atom stereocenters. The molecule has 2 heterocycles. The van der Waals surface area contributed by atoms with Gasteiger partial charge in [-0.2, -0.15) is 11.8 Å². The van der Waals surface area contributed by atoms with Gasteiger partial charge in [0.2, 0.25) is 0 Å². The number of nitrogens with one attached hydrogen (secondary N) is 1. The van der Waals surface area contributed by atoms with Crippen molar-refractivity contribution in [3.63, 3.8) is 0 Å². The fourth-order valence-corrected chi connectivity index (χ4v) is 4.08. The zero-order valence-electron chi connectivity index (χ0n) is 9.87. The molecule has 2 saturated heterocycles. The van der Waals surface area contributed by atoms with Gasteiger partial charge in [0.15, 0.2) is 0 Å². The first-order chi connectivity index (χ1) is 7.42. The zero-order chi connectivity index (χ0) is 10.5. The van der Waals surface area contributed by atoms with E-state index < -0.39 is 0 Å². The Balaban J connectivity index is 1.88. The third-order valence-electron chi connectivity index (χ3n) is 3.71. The quantitative estimate of drug-likeness (QED) is 0.795. The first-order valence-corrected chi connectivity index (χ1v) is 7.61. The topological polar surface area (TPSA) is 15.3 Å². The van der Waals surface area contributed by atoms with Crippen molar-refractivity contribution < 1.29 is 0 Å². The van der Waals surface area contributed by atoms with Crippen molar-refractivity contribution in [1.29, 1.82) is 0 Å². The molecule has 0 radical (unpaired) electrons. The minimum absolute atomic E-state index is 0.812. The number of likely N-dealkylation sites (N-methyl/N-ethyl adjacent to an activating group) is 1. The third kappa shape index (κ3) is 3.11. The van der Waals surface area contributed by atoms with E-state index in [0.717, 1.165) is 12.1 Å². The normalized spacial score (nSPS) is 33.2. The molecule has 1 N–H and O–H groups in total. The number of rotatable bonds is 3. The molecular formula is C12H24N2S. The summed E-state index contributed by atoms with van der Waals surface area (Å²) in [6, 6.07) is 1.67. The minimum atomic E-state index is 0.812. The highest BCUT2D eigenvalue weighted by atomic mass is 32.2. The van der Waals surface area contributed by atoms with E-state index in [0.29, 0.717) is 0 Å². The molecule has 2 aliphatic rings. The zero-order valence-corrected chi connectivity index (χ0v) is 10.7. The largest absolute Gasteiger partial charge is 0.315 e. The molecule has 0 aromatic heterocycles. The molecule has 2 atom stereocenters. The molecule has 0 amide bonds. The van der Waals surface area contributed by atoms with Crippen molar-refractivity contribution >= 4 is 11.8 Å².